The highest BCUT2D eigenvalue weighted by atomic mass is 16.5. The second kappa shape index (κ2) is 11.8. The number of rotatable bonds is 4. The Morgan fingerprint density at radius 1 is 0.519 bits per heavy atom. The summed E-state index contributed by atoms with van der Waals surface area (Å²) < 4.78 is 6.57. The molecule has 0 atom stereocenters. The molecule has 5 aromatic carbocycles. The molecule has 0 N–H and O–H groups in total. The third-order valence-electron chi connectivity index (χ3n) is 10.7. The zero-order valence-electron chi connectivity index (χ0n) is 29.0. The van der Waals surface area contributed by atoms with Crippen molar-refractivity contribution in [2.45, 2.75) is 32.1 Å². The molecule has 10 rings (SSSR count). The topological polar surface area (TPSA) is 60.8 Å². The molecule has 0 amide bonds. The maximum Gasteiger partial charge on any atom is 0.164 e. The van der Waals surface area contributed by atoms with Crippen LogP contribution < -0.4 is 4.74 Å². The van der Waals surface area contributed by atoms with Gasteiger partial charge in [-0.05, 0) is 84.3 Å². The minimum absolute atomic E-state index is 0.580. The molecule has 0 radical (unpaired) electrons. The minimum Gasteiger partial charge on any atom is -0.457 e. The number of aryl methyl sites for hydroxylation is 2. The van der Waals surface area contributed by atoms with Gasteiger partial charge in [-0.3, -0.25) is 4.98 Å². The summed E-state index contributed by atoms with van der Waals surface area (Å²) in [6.07, 6.45) is 6.24. The van der Waals surface area contributed by atoms with Crippen molar-refractivity contribution in [3.05, 3.63) is 191 Å². The van der Waals surface area contributed by atoms with E-state index in [1.165, 1.54) is 27.8 Å². The van der Waals surface area contributed by atoms with E-state index in [1.54, 1.807) is 0 Å². The molecule has 2 aromatic heterocycles. The smallest absolute Gasteiger partial charge is 0.164 e. The van der Waals surface area contributed by atoms with Crippen LogP contribution in [0.1, 0.15) is 57.9 Å². The Bertz CT molecular complexity index is 2590. The number of benzene rings is 5. The van der Waals surface area contributed by atoms with Crippen LogP contribution in [0, 0.1) is 13.8 Å². The number of fused-ring (bicyclic) bond motifs is 9. The Labute approximate surface area is 303 Å². The summed E-state index contributed by atoms with van der Waals surface area (Å²) in [5.74, 6) is 3.68. The van der Waals surface area contributed by atoms with E-state index < -0.39 is 5.41 Å². The fourth-order valence-electron chi connectivity index (χ4n) is 8.49. The maximum atomic E-state index is 6.57. The first-order chi connectivity index (χ1) is 25.6. The van der Waals surface area contributed by atoms with E-state index in [0.29, 0.717) is 17.5 Å². The molecular formula is C47H34N4O. The number of aromatic nitrogens is 4. The average molecular weight is 671 g/mol. The highest BCUT2D eigenvalue weighted by Crippen LogP contribution is 2.62. The lowest BCUT2D eigenvalue weighted by atomic mass is 9.66. The average Bonchev–Trinajstić information content (AvgIpc) is 3.48. The molecule has 0 bridgehead atoms. The van der Waals surface area contributed by atoms with E-state index in [0.717, 1.165) is 69.1 Å². The van der Waals surface area contributed by atoms with E-state index in [1.807, 2.05) is 37.3 Å². The Kier molecular flexibility index (Phi) is 6.90. The lowest BCUT2D eigenvalue weighted by molar-refractivity contribution is 0.436. The third-order valence-corrected chi connectivity index (χ3v) is 10.7. The summed E-state index contributed by atoms with van der Waals surface area (Å²) >= 11 is 0. The molecule has 248 valence electrons. The van der Waals surface area contributed by atoms with Crippen LogP contribution in [0.25, 0.3) is 45.0 Å². The molecule has 0 unspecified atom stereocenters. The first-order valence-electron chi connectivity index (χ1n) is 17.9. The molecule has 0 saturated carbocycles. The molecule has 0 fully saturated rings. The second-order valence-corrected chi connectivity index (χ2v) is 13.7. The zero-order valence-corrected chi connectivity index (χ0v) is 29.0. The Balaban J connectivity index is 1.23. The Morgan fingerprint density at radius 3 is 1.88 bits per heavy atom. The largest absolute Gasteiger partial charge is 0.457 e. The summed E-state index contributed by atoms with van der Waals surface area (Å²) in [5.41, 5.74) is 13.8. The van der Waals surface area contributed by atoms with Crippen LogP contribution in [-0.2, 0) is 5.41 Å². The molecule has 1 spiro atoms. The fourth-order valence-corrected chi connectivity index (χ4v) is 8.49. The Morgan fingerprint density at radius 2 is 1.13 bits per heavy atom. The van der Waals surface area contributed by atoms with Crippen LogP contribution in [0.3, 0.4) is 0 Å². The summed E-state index contributed by atoms with van der Waals surface area (Å²) in [6.45, 7) is 4.12. The second-order valence-electron chi connectivity index (χ2n) is 13.7. The molecule has 3 heterocycles. The van der Waals surface area contributed by atoms with E-state index >= 15 is 0 Å². The molecule has 3 aliphatic rings. The van der Waals surface area contributed by atoms with E-state index in [4.69, 9.17) is 24.7 Å². The lowest BCUT2D eigenvalue weighted by Crippen LogP contribution is -2.32. The van der Waals surface area contributed by atoms with E-state index in [2.05, 4.69) is 122 Å². The molecular weight excluding hydrogens is 637 g/mol. The zero-order chi connectivity index (χ0) is 34.8. The maximum absolute atomic E-state index is 6.57. The van der Waals surface area contributed by atoms with Crippen LogP contribution in [0.2, 0.25) is 0 Å². The van der Waals surface area contributed by atoms with Crippen LogP contribution in [0.5, 0.6) is 11.5 Å². The fraction of sp³-hybridized carbons (Fsp3) is 0.106. The van der Waals surface area contributed by atoms with Gasteiger partial charge in [0.25, 0.3) is 0 Å². The normalized spacial score (nSPS) is 14.7. The molecule has 1 aliphatic heterocycles. The standard InChI is InChI=1S/C47H34N4O/c1-29-24-26-33(30(2)48-29)34-16-6-7-18-37(34)46-50-44(31-14-4-3-5-15-31)49-45(51-46)32-25-27-36-35-17-8-9-19-38(35)47(41(36)28-32)39-20-10-12-22-42(39)52-43-23-13-11-21-40(43)47/h3-5,7-15,17-28H,6,16H2,1-2H3. The summed E-state index contributed by atoms with van der Waals surface area (Å²) in [5, 5.41) is 0. The van der Waals surface area contributed by atoms with Crippen molar-refractivity contribution < 1.29 is 4.74 Å². The summed E-state index contributed by atoms with van der Waals surface area (Å²) in [6, 6.07) is 46.9. The van der Waals surface area contributed by atoms with Crippen LogP contribution in [0.4, 0.5) is 0 Å². The van der Waals surface area contributed by atoms with Crippen LogP contribution in [0.15, 0.2) is 146 Å². The highest BCUT2D eigenvalue weighted by Gasteiger charge is 2.51. The number of ether oxygens (including phenoxy) is 1. The molecule has 0 saturated heterocycles. The monoisotopic (exact) mass is 670 g/mol. The van der Waals surface area contributed by atoms with E-state index in [9.17, 15) is 0 Å². The van der Waals surface area contributed by atoms with Gasteiger partial charge in [0.2, 0.25) is 0 Å². The van der Waals surface area contributed by atoms with Crippen molar-refractivity contribution in [3.8, 4) is 45.4 Å². The number of para-hydroxylation sites is 2. The van der Waals surface area contributed by atoms with Gasteiger partial charge in [0.1, 0.15) is 11.5 Å². The number of pyridine rings is 1. The van der Waals surface area contributed by atoms with Gasteiger partial charge in [-0.2, -0.15) is 0 Å². The van der Waals surface area contributed by atoms with Gasteiger partial charge in [0.05, 0.1) is 5.41 Å². The van der Waals surface area contributed by atoms with E-state index in [-0.39, 0.29) is 0 Å². The van der Waals surface area contributed by atoms with Crippen LogP contribution >= 0.6 is 0 Å². The van der Waals surface area contributed by atoms with Crippen molar-refractivity contribution in [1.29, 1.82) is 0 Å². The van der Waals surface area contributed by atoms with Crippen molar-refractivity contribution in [1.82, 2.24) is 19.9 Å². The van der Waals surface area contributed by atoms with Crippen molar-refractivity contribution in [2.75, 3.05) is 0 Å². The van der Waals surface area contributed by atoms with Gasteiger partial charge >= 0.3 is 0 Å². The third kappa shape index (κ3) is 4.55. The first kappa shape index (κ1) is 30.4. The molecule has 5 heteroatoms. The van der Waals surface area contributed by atoms with Gasteiger partial charge in [0, 0.05) is 39.2 Å². The van der Waals surface area contributed by atoms with Gasteiger partial charge < -0.3 is 4.74 Å². The summed E-state index contributed by atoms with van der Waals surface area (Å²) in [7, 11) is 0. The van der Waals surface area contributed by atoms with Gasteiger partial charge in [-0.15, -0.1) is 0 Å². The minimum atomic E-state index is -0.580. The lowest BCUT2D eigenvalue weighted by Gasteiger charge is -2.39. The first-order valence-corrected chi connectivity index (χ1v) is 17.9. The van der Waals surface area contributed by atoms with Gasteiger partial charge in [-0.25, -0.2) is 15.0 Å². The molecule has 7 aromatic rings. The SMILES string of the molecule is Cc1ccc(C2=C(c3nc(-c4ccccc4)nc(-c4ccc5c(c4)C4(c6ccccc6Oc6ccccc64)c4ccccc4-5)n3)C=CCC2)c(C)n1. The van der Waals surface area contributed by atoms with Gasteiger partial charge in [0.15, 0.2) is 17.5 Å². The highest BCUT2D eigenvalue weighted by molar-refractivity contribution is 5.96. The molecule has 5 nitrogen and oxygen atoms in total. The van der Waals surface area contributed by atoms with Crippen molar-refractivity contribution in [3.63, 3.8) is 0 Å². The number of hydrogen-bond acceptors (Lipinski definition) is 5. The molecule has 2 aliphatic carbocycles. The molecule has 52 heavy (non-hydrogen) atoms. The van der Waals surface area contributed by atoms with Crippen LogP contribution in [-0.4, -0.2) is 19.9 Å². The number of hydrogen-bond donors (Lipinski definition) is 0. The number of allylic oxidation sites excluding steroid dienone is 4. The predicted molar refractivity (Wildman–Crippen MR) is 207 cm³/mol. The predicted octanol–water partition coefficient (Wildman–Crippen LogP) is 10.9. The quantitative estimate of drug-likeness (QED) is 0.186. The Hall–Kier alpha value is -6.46. The number of nitrogens with zero attached hydrogens (tertiary/aromatic N) is 4. The van der Waals surface area contributed by atoms with Crippen molar-refractivity contribution >= 4 is 11.1 Å². The van der Waals surface area contributed by atoms with Crippen molar-refractivity contribution in [2.24, 2.45) is 0 Å². The summed E-state index contributed by atoms with van der Waals surface area (Å²) in [4.78, 5) is 20.4. The van der Waals surface area contributed by atoms with Gasteiger partial charge in [-0.1, -0.05) is 121 Å².